The number of hydrogen-bond acceptors (Lipinski definition) is 7. The van der Waals surface area contributed by atoms with Crippen molar-refractivity contribution in [1.82, 2.24) is 25.2 Å². The van der Waals surface area contributed by atoms with Gasteiger partial charge < -0.3 is 24.6 Å². The van der Waals surface area contributed by atoms with Crippen LogP contribution in [0.5, 0.6) is 5.75 Å². The number of aromatic nitrogens is 3. The van der Waals surface area contributed by atoms with E-state index < -0.39 is 5.60 Å². The van der Waals surface area contributed by atoms with E-state index in [1.165, 1.54) is 0 Å². The molecule has 6 rings (SSSR count). The average molecular weight is 1030 g/mol. The molecule has 380 valence electrons. The molecule has 2 aromatic heterocycles. The molecule has 1 saturated carbocycles. The Morgan fingerprint density at radius 2 is 1.42 bits per heavy atom. The van der Waals surface area contributed by atoms with Gasteiger partial charge in [-0.3, -0.25) is 14.3 Å². The highest BCUT2D eigenvalue weighted by molar-refractivity contribution is 6.39. The third-order valence-electron chi connectivity index (χ3n) is 13.3. The highest BCUT2D eigenvalue weighted by Gasteiger charge is 2.47. The van der Waals surface area contributed by atoms with E-state index >= 15 is 0 Å². The quantitative estimate of drug-likeness (QED) is 0.0634. The molecule has 3 heterocycles. The molecule has 2 aromatic carbocycles. The lowest BCUT2D eigenvalue weighted by Gasteiger charge is -2.44. The first-order chi connectivity index (χ1) is 34.3. The Kier molecular flexibility index (Phi) is 21.5. The van der Waals surface area contributed by atoms with Crippen LogP contribution in [-0.2, 0) is 17.0 Å². The van der Waals surface area contributed by atoms with Gasteiger partial charge in [0.1, 0.15) is 29.5 Å². The lowest BCUT2D eigenvalue weighted by molar-refractivity contribution is -0.132. The van der Waals surface area contributed by atoms with Crippen molar-refractivity contribution in [2.75, 3.05) is 13.1 Å². The number of allylic oxidation sites excluding steroid dienone is 12. The summed E-state index contributed by atoms with van der Waals surface area (Å²) in [6.45, 7) is 11.7. The summed E-state index contributed by atoms with van der Waals surface area (Å²) in [6.07, 6.45) is 36.2. The number of likely N-dealkylation sites (tertiary alicyclic amines) is 1. The van der Waals surface area contributed by atoms with Crippen LogP contribution in [0, 0.1) is 0 Å². The molecule has 1 aliphatic carbocycles. The molecular formula is C58H72Cl3N5O5. The van der Waals surface area contributed by atoms with Gasteiger partial charge in [-0.15, -0.1) is 0 Å². The van der Waals surface area contributed by atoms with Gasteiger partial charge in [0.05, 0.1) is 26.2 Å². The van der Waals surface area contributed by atoms with Crippen LogP contribution in [0.3, 0.4) is 0 Å². The number of benzene rings is 2. The first kappa shape index (κ1) is 55.2. The summed E-state index contributed by atoms with van der Waals surface area (Å²) in [5, 5.41) is 25.5. The van der Waals surface area contributed by atoms with Gasteiger partial charge in [-0.1, -0.05) is 146 Å². The number of nitrogens with one attached hydrogen (secondary N) is 1. The van der Waals surface area contributed by atoms with Crippen molar-refractivity contribution >= 4 is 46.6 Å². The van der Waals surface area contributed by atoms with Crippen LogP contribution >= 0.6 is 34.8 Å². The van der Waals surface area contributed by atoms with Crippen molar-refractivity contribution < 1.29 is 24.0 Å². The second kappa shape index (κ2) is 27.6. The highest BCUT2D eigenvalue weighted by Crippen LogP contribution is 2.53. The molecule has 2 N–H and O–H groups in total. The third kappa shape index (κ3) is 15.4. The van der Waals surface area contributed by atoms with Gasteiger partial charge in [0, 0.05) is 60.3 Å². The Labute approximate surface area is 436 Å². The van der Waals surface area contributed by atoms with E-state index in [0.29, 0.717) is 101 Å². The summed E-state index contributed by atoms with van der Waals surface area (Å²) in [5.41, 5.74) is 2.58. The molecule has 0 spiro atoms. The molecule has 2 fully saturated rings. The Morgan fingerprint density at radius 1 is 0.831 bits per heavy atom. The van der Waals surface area contributed by atoms with Crippen molar-refractivity contribution in [3.63, 3.8) is 0 Å². The molecule has 10 nitrogen and oxygen atoms in total. The maximum Gasteiger partial charge on any atom is 0.272 e. The van der Waals surface area contributed by atoms with Gasteiger partial charge in [0.2, 0.25) is 5.91 Å². The molecule has 1 saturated heterocycles. The third-order valence-corrected chi connectivity index (χ3v) is 14.2. The fourth-order valence-electron chi connectivity index (χ4n) is 9.03. The largest absolute Gasteiger partial charge is 0.489 e. The van der Waals surface area contributed by atoms with Crippen molar-refractivity contribution in [3.05, 3.63) is 159 Å². The SMILES string of the molecule is CCC=CCC=CCC=CCC=CCC=CCC=CCCC(=O)N1CCC(NC(=O)c2cc(C3CC(O)(c4ccc(OCc5c(-c6c(Cl)cccc6Cl)noc5C(C)CC)cc4Cl)C3)n(C(C)C)n2)CC1. The normalized spacial score (nSPS) is 18.4. The first-order valence-corrected chi connectivity index (χ1v) is 26.6. The van der Waals surface area contributed by atoms with Crippen LogP contribution in [0.1, 0.15) is 169 Å². The number of rotatable bonds is 25. The fraction of sp³-hybridized carbons (Fsp3) is 0.448. The standard InChI is InChI=1S/C58H72Cl3N5O5/c1-6-8-9-10-11-12-13-14-15-16-17-18-19-20-21-22-23-24-25-29-53(67)65-34-32-44(33-35-65)62-57(68)51-37-52(66(63-51)41(3)4)43-38-58(69,39-43)47-31-30-45(36-50(47)61)70-40-46-55(64-71-56(46)42(5)7-2)54-48(59)27-26-28-49(54)60/h8-9,11-12,14-15,17-18,20-21,23-24,26-28,30-31,36-37,41-44,69H,6-7,10,13,16,19,22,25,29,32-35,38-40H2,1-5H3,(H,62,68). The average Bonchev–Trinajstić information content (AvgIpc) is 3.98. The van der Waals surface area contributed by atoms with Crippen LogP contribution in [0.4, 0.5) is 0 Å². The molecule has 13 heteroatoms. The van der Waals surface area contributed by atoms with Gasteiger partial charge in [0.25, 0.3) is 5.91 Å². The molecule has 4 aromatic rings. The molecule has 0 bridgehead atoms. The maximum atomic E-state index is 13.6. The summed E-state index contributed by atoms with van der Waals surface area (Å²) in [4.78, 5) is 28.5. The van der Waals surface area contributed by atoms with Crippen LogP contribution in [-0.4, -0.2) is 55.9 Å². The van der Waals surface area contributed by atoms with E-state index in [1.54, 1.807) is 30.3 Å². The summed E-state index contributed by atoms with van der Waals surface area (Å²) in [7, 11) is 0. The van der Waals surface area contributed by atoms with Crippen molar-refractivity contribution in [2.24, 2.45) is 0 Å². The van der Waals surface area contributed by atoms with Gasteiger partial charge in [0.15, 0.2) is 0 Å². The van der Waals surface area contributed by atoms with E-state index in [1.807, 2.05) is 35.6 Å². The predicted octanol–water partition coefficient (Wildman–Crippen LogP) is 15.1. The number of aliphatic hydroxyl groups is 1. The predicted molar refractivity (Wildman–Crippen MR) is 289 cm³/mol. The molecule has 1 unspecified atom stereocenters. The molecule has 2 aliphatic rings. The number of hydrogen-bond donors (Lipinski definition) is 2. The van der Waals surface area contributed by atoms with Crippen molar-refractivity contribution in [1.29, 1.82) is 0 Å². The zero-order valence-electron chi connectivity index (χ0n) is 42.1. The number of nitrogens with zero attached hydrogens (tertiary/aromatic N) is 4. The van der Waals surface area contributed by atoms with Crippen molar-refractivity contribution in [3.8, 4) is 17.0 Å². The summed E-state index contributed by atoms with van der Waals surface area (Å²) >= 11 is 20.0. The number of amides is 2. The summed E-state index contributed by atoms with van der Waals surface area (Å²) in [5.74, 6) is 1.19. The topological polar surface area (TPSA) is 123 Å². The number of ether oxygens (including phenoxy) is 1. The van der Waals surface area contributed by atoms with Crippen LogP contribution in [0.25, 0.3) is 11.3 Å². The molecular weight excluding hydrogens is 953 g/mol. The second-order valence-electron chi connectivity index (χ2n) is 18.9. The Bertz CT molecular complexity index is 2530. The second-order valence-corrected chi connectivity index (χ2v) is 20.1. The van der Waals surface area contributed by atoms with Crippen molar-refractivity contribution in [2.45, 2.75) is 154 Å². The summed E-state index contributed by atoms with van der Waals surface area (Å²) < 4.78 is 14.0. The van der Waals surface area contributed by atoms with Gasteiger partial charge >= 0.3 is 0 Å². The molecule has 0 radical (unpaired) electrons. The fourth-order valence-corrected chi connectivity index (χ4v) is 9.96. The number of carbonyl (C=O) groups is 2. The Balaban J connectivity index is 0.922. The zero-order chi connectivity index (χ0) is 50.8. The molecule has 1 aliphatic heterocycles. The lowest BCUT2D eigenvalue weighted by atomic mass is 9.66. The molecule has 1 atom stereocenters. The number of halogens is 3. The Morgan fingerprint density at radius 3 is 1.99 bits per heavy atom. The van der Waals surface area contributed by atoms with Crippen LogP contribution in [0.2, 0.25) is 15.1 Å². The Hall–Kier alpha value is -5.13. The highest BCUT2D eigenvalue weighted by atomic mass is 35.5. The van der Waals surface area contributed by atoms with E-state index in [9.17, 15) is 14.7 Å². The van der Waals surface area contributed by atoms with Gasteiger partial charge in [-0.2, -0.15) is 5.10 Å². The number of piperidine rings is 1. The first-order valence-electron chi connectivity index (χ1n) is 25.5. The minimum Gasteiger partial charge on any atom is -0.489 e. The van der Waals surface area contributed by atoms with Crippen LogP contribution < -0.4 is 10.1 Å². The van der Waals surface area contributed by atoms with E-state index in [2.05, 4.69) is 104 Å². The van der Waals surface area contributed by atoms with Gasteiger partial charge in [-0.25, -0.2) is 0 Å². The van der Waals surface area contributed by atoms with Gasteiger partial charge in [-0.05, 0) is 121 Å². The smallest absolute Gasteiger partial charge is 0.272 e. The summed E-state index contributed by atoms with van der Waals surface area (Å²) in [6, 6.07) is 12.5. The van der Waals surface area contributed by atoms with Crippen LogP contribution in [0.15, 0.2) is 120 Å². The number of carbonyl (C=O) groups excluding carboxylic acids is 2. The minimum atomic E-state index is -1.17. The molecule has 71 heavy (non-hydrogen) atoms. The lowest BCUT2D eigenvalue weighted by Crippen LogP contribution is -2.46. The van der Waals surface area contributed by atoms with E-state index in [4.69, 9.17) is 49.2 Å². The zero-order valence-corrected chi connectivity index (χ0v) is 44.4. The van der Waals surface area contributed by atoms with E-state index in [0.717, 1.165) is 56.2 Å². The maximum absolute atomic E-state index is 13.6. The monoisotopic (exact) mass is 1020 g/mol. The van der Waals surface area contributed by atoms with E-state index in [-0.39, 0.29) is 42.3 Å². The minimum absolute atomic E-state index is 0.00291. The molecule has 2 amide bonds.